The van der Waals surface area contributed by atoms with Gasteiger partial charge in [0.15, 0.2) is 11.6 Å². The number of benzene rings is 1. The molecule has 0 saturated heterocycles. The largest absolute Gasteiger partial charge is 0.289 e. The van der Waals surface area contributed by atoms with Crippen molar-refractivity contribution in [1.82, 2.24) is 0 Å². The second-order valence-corrected chi connectivity index (χ2v) is 4.59. The van der Waals surface area contributed by atoms with Crippen LogP contribution in [-0.4, -0.2) is 12.3 Å². The Kier molecular flexibility index (Phi) is 3.24. The first-order valence-corrected chi connectivity index (χ1v) is 5.64. The normalized spacial score (nSPS) is 20.8. The van der Waals surface area contributed by atoms with Crippen molar-refractivity contribution in [2.24, 2.45) is 10.9 Å². The van der Waals surface area contributed by atoms with Gasteiger partial charge >= 0.3 is 0 Å². The molecule has 1 aliphatic heterocycles. The zero-order valence-electron chi connectivity index (χ0n) is 8.93. The number of halogens is 3. The highest BCUT2D eigenvalue weighted by Crippen LogP contribution is 2.23. The highest BCUT2D eigenvalue weighted by Gasteiger charge is 2.16. The fourth-order valence-corrected chi connectivity index (χ4v) is 1.99. The lowest BCUT2D eigenvalue weighted by Crippen LogP contribution is -2.14. The standard InChI is InChI=1S/C12H12ClF2N/c1-7-2-3-11(16-6-7)8-4-9(13)12(15)10(14)5-8/h4-5,7H,2-3,6H2,1H3. The van der Waals surface area contributed by atoms with Crippen molar-refractivity contribution in [3.05, 3.63) is 34.4 Å². The molecule has 0 aliphatic carbocycles. The van der Waals surface area contributed by atoms with E-state index < -0.39 is 11.6 Å². The van der Waals surface area contributed by atoms with E-state index >= 15 is 0 Å². The molecule has 0 N–H and O–H groups in total. The lowest BCUT2D eigenvalue weighted by Gasteiger charge is -2.17. The minimum absolute atomic E-state index is 0.184. The van der Waals surface area contributed by atoms with Crippen molar-refractivity contribution >= 4 is 17.3 Å². The van der Waals surface area contributed by atoms with Crippen molar-refractivity contribution in [2.75, 3.05) is 6.54 Å². The molecule has 1 heterocycles. The smallest absolute Gasteiger partial charge is 0.177 e. The van der Waals surface area contributed by atoms with Gasteiger partial charge in [-0.1, -0.05) is 18.5 Å². The molecular weight excluding hydrogens is 232 g/mol. The van der Waals surface area contributed by atoms with Crippen LogP contribution in [0.2, 0.25) is 5.02 Å². The van der Waals surface area contributed by atoms with Crippen LogP contribution in [0, 0.1) is 17.6 Å². The van der Waals surface area contributed by atoms with E-state index in [1.165, 1.54) is 6.07 Å². The molecule has 2 rings (SSSR count). The van der Waals surface area contributed by atoms with Crippen molar-refractivity contribution in [2.45, 2.75) is 19.8 Å². The molecule has 1 atom stereocenters. The van der Waals surface area contributed by atoms with Gasteiger partial charge < -0.3 is 0 Å². The lowest BCUT2D eigenvalue weighted by atomic mass is 9.96. The lowest BCUT2D eigenvalue weighted by molar-refractivity contribution is 0.508. The van der Waals surface area contributed by atoms with Gasteiger partial charge in [0.2, 0.25) is 0 Å². The summed E-state index contributed by atoms with van der Waals surface area (Å²) in [5, 5.41) is -0.184. The number of hydrogen-bond acceptors (Lipinski definition) is 1. The molecule has 1 nitrogen and oxygen atoms in total. The molecule has 16 heavy (non-hydrogen) atoms. The Morgan fingerprint density at radius 3 is 2.69 bits per heavy atom. The van der Waals surface area contributed by atoms with Gasteiger partial charge in [-0.15, -0.1) is 0 Å². The topological polar surface area (TPSA) is 12.4 Å². The Hall–Kier alpha value is -0.960. The molecule has 1 aromatic rings. The van der Waals surface area contributed by atoms with Gasteiger partial charge in [0.1, 0.15) is 0 Å². The second-order valence-electron chi connectivity index (χ2n) is 4.19. The maximum Gasteiger partial charge on any atom is 0.177 e. The molecular formula is C12H12ClF2N. The fourth-order valence-electron chi connectivity index (χ4n) is 1.78. The van der Waals surface area contributed by atoms with Gasteiger partial charge in [-0.05, 0) is 30.9 Å². The van der Waals surface area contributed by atoms with Crippen LogP contribution in [0.4, 0.5) is 8.78 Å². The molecule has 4 heteroatoms. The molecule has 86 valence electrons. The van der Waals surface area contributed by atoms with Crippen molar-refractivity contribution in [3.63, 3.8) is 0 Å². The number of hydrogen-bond donors (Lipinski definition) is 0. The number of nitrogens with zero attached hydrogens (tertiary/aromatic N) is 1. The first-order chi connectivity index (χ1) is 7.58. The van der Waals surface area contributed by atoms with Crippen LogP contribution in [0.25, 0.3) is 0 Å². The zero-order chi connectivity index (χ0) is 11.7. The van der Waals surface area contributed by atoms with Crippen LogP contribution in [0.15, 0.2) is 17.1 Å². The van der Waals surface area contributed by atoms with E-state index in [9.17, 15) is 8.78 Å². The maximum atomic E-state index is 13.2. The minimum atomic E-state index is -0.991. The van der Waals surface area contributed by atoms with Crippen LogP contribution in [0.3, 0.4) is 0 Å². The van der Waals surface area contributed by atoms with E-state index in [4.69, 9.17) is 11.6 Å². The third kappa shape index (κ3) is 2.24. The van der Waals surface area contributed by atoms with Gasteiger partial charge in [-0.3, -0.25) is 4.99 Å². The molecule has 0 bridgehead atoms. The molecule has 0 aromatic heterocycles. The average Bonchev–Trinajstić information content (AvgIpc) is 2.26. The Morgan fingerprint density at radius 2 is 2.12 bits per heavy atom. The molecule has 0 saturated carbocycles. The first kappa shape index (κ1) is 11.5. The third-order valence-electron chi connectivity index (χ3n) is 2.78. The zero-order valence-corrected chi connectivity index (χ0v) is 9.69. The predicted octanol–water partition coefficient (Wildman–Crippen LogP) is 3.84. The Balaban J connectivity index is 2.35. The molecule has 0 spiro atoms. The van der Waals surface area contributed by atoms with Crippen LogP contribution >= 0.6 is 11.6 Å². The summed E-state index contributed by atoms with van der Waals surface area (Å²) in [6, 6.07) is 2.60. The van der Waals surface area contributed by atoms with E-state index in [0.29, 0.717) is 11.5 Å². The Labute approximate surface area is 98.1 Å². The quantitative estimate of drug-likeness (QED) is 0.665. The second kappa shape index (κ2) is 4.50. The van der Waals surface area contributed by atoms with Gasteiger partial charge in [-0.2, -0.15) is 0 Å². The van der Waals surface area contributed by atoms with Crippen molar-refractivity contribution in [3.8, 4) is 0 Å². The fraction of sp³-hybridized carbons (Fsp3) is 0.417. The summed E-state index contributed by atoms with van der Waals surface area (Å²) in [5.41, 5.74) is 1.41. The molecule has 0 radical (unpaired) electrons. The summed E-state index contributed by atoms with van der Waals surface area (Å²) in [6.07, 6.45) is 1.82. The van der Waals surface area contributed by atoms with E-state index in [-0.39, 0.29) is 5.02 Å². The average molecular weight is 244 g/mol. The Bertz CT molecular complexity index is 420. The molecule has 0 amide bonds. The predicted molar refractivity (Wildman–Crippen MR) is 61.2 cm³/mol. The van der Waals surface area contributed by atoms with Crippen molar-refractivity contribution in [1.29, 1.82) is 0 Å². The van der Waals surface area contributed by atoms with E-state index in [2.05, 4.69) is 11.9 Å². The minimum Gasteiger partial charge on any atom is -0.289 e. The van der Waals surface area contributed by atoms with Crippen LogP contribution < -0.4 is 0 Å². The van der Waals surface area contributed by atoms with Crippen molar-refractivity contribution < 1.29 is 8.78 Å². The van der Waals surface area contributed by atoms with E-state index in [0.717, 1.165) is 31.2 Å². The van der Waals surface area contributed by atoms with Crippen LogP contribution in [0.5, 0.6) is 0 Å². The van der Waals surface area contributed by atoms with Gasteiger partial charge in [-0.25, -0.2) is 8.78 Å². The molecule has 1 aromatic carbocycles. The maximum absolute atomic E-state index is 13.2. The van der Waals surface area contributed by atoms with E-state index in [1.54, 1.807) is 0 Å². The van der Waals surface area contributed by atoms with Crippen LogP contribution in [-0.2, 0) is 0 Å². The first-order valence-electron chi connectivity index (χ1n) is 5.26. The highest BCUT2D eigenvalue weighted by molar-refractivity contribution is 6.31. The monoisotopic (exact) mass is 243 g/mol. The van der Waals surface area contributed by atoms with Crippen LogP contribution in [0.1, 0.15) is 25.3 Å². The number of aliphatic imine (C=N–C) groups is 1. The number of rotatable bonds is 1. The van der Waals surface area contributed by atoms with E-state index in [1.807, 2.05) is 0 Å². The third-order valence-corrected chi connectivity index (χ3v) is 3.06. The summed E-state index contributed by atoms with van der Waals surface area (Å²) in [5.74, 6) is -1.34. The van der Waals surface area contributed by atoms with Gasteiger partial charge in [0.25, 0.3) is 0 Å². The Morgan fingerprint density at radius 1 is 1.38 bits per heavy atom. The summed E-state index contributed by atoms with van der Waals surface area (Å²) in [6.45, 7) is 2.87. The van der Waals surface area contributed by atoms with Gasteiger partial charge in [0, 0.05) is 17.8 Å². The summed E-state index contributed by atoms with van der Waals surface area (Å²) in [7, 11) is 0. The van der Waals surface area contributed by atoms with Gasteiger partial charge in [0.05, 0.1) is 5.02 Å². The molecule has 0 fully saturated rings. The molecule has 1 aliphatic rings. The molecule has 1 unspecified atom stereocenters. The summed E-state index contributed by atoms with van der Waals surface area (Å²) >= 11 is 5.60. The SMILES string of the molecule is CC1CCC(c2cc(F)c(F)c(Cl)c2)=NC1. The summed E-state index contributed by atoms with van der Waals surface area (Å²) in [4.78, 5) is 4.36. The summed E-state index contributed by atoms with van der Waals surface area (Å²) < 4.78 is 26.2. The highest BCUT2D eigenvalue weighted by atomic mass is 35.5.